The van der Waals surface area contributed by atoms with E-state index in [1.54, 1.807) is 6.20 Å². The van der Waals surface area contributed by atoms with Crippen LogP contribution in [0.15, 0.2) is 41.1 Å². The molecule has 0 fully saturated rings. The first-order chi connectivity index (χ1) is 10.3. The highest BCUT2D eigenvalue weighted by atomic mass is 16.5. The van der Waals surface area contributed by atoms with E-state index in [4.69, 9.17) is 4.52 Å². The Morgan fingerprint density at radius 2 is 2.19 bits per heavy atom. The quantitative estimate of drug-likeness (QED) is 0.780. The molecular formula is C16H14N4O. The van der Waals surface area contributed by atoms with Crippen molar-refractivity contribution in [2.24, 2.45) is 0 Å². The van der Waals surface area contributed by atoms with E-state index in [1.807, 2.05) is 25.1 Å². The number of nitrogens with one attached hydrogen (secondary N) is 1. The molecule has 0 bridgehead atoms. The van der Waals surface area contributed by atoms with Crippen LogP contribution in [0.2, 0.25) is 0 Å². The van der Waals surface area contributed by atoms with E-state index in [-0.39, 0.29) is 0 Å². The normalized spacial score (nSPS) is 13.0. The third-order valence-electron chi connectivity index (χ3n) is 3.71. The fourth-order valence-corrected chi connectivity index (χ4v) is 2.58. The number of hydrogen-bond acceptors (Lipinski definition) is 5. The molecule has 3 aromatic rings. The van der Waals surface area contributed by atoms with Crippen LogP contribution in [0.5, 0.6) is 0 Å². The molecule has 3 heterocycles. The van der Waals surface area contributed by atoms with E-state index in [1.165, 1.54) is 5.56 Å². The number of anilines is 1. The van der Waals surface area contributed by atoms with Crippen LogP contribution < -0.4 is 5.32 Å². The molecule has 21 heavy (non-hydrogen) atoms. The summed E-state index contributed by atoms with van der Waals surface area (Å²) in [7, 11) is 0. The third kappa shape index (κ3) is 2.07. The zero-order chi connectivity index (χ0) is 14.2. The van der Waals surface area contributed by atoms with E-state index in [0.717, 1.165) is 35.5 Å². The molecular weight excluding hydrogens is 264 g/mol. The minimum atomic E-state index is 0.520. The highest BCUT2D eigenvalue weighted by Crippen LogP contribution is 2.29. The number of benzene rings is 1. The average molecular weight is 278 g/mol. The van der Waals surface area contributed by atoms with Crippen molar-refractivity contribution in [2.45, 2.75) is 13.3 Å². The number of hydrogen-bond donors (Lipinski definition) is 1. The summed E-state index contributed by atoms with van der Waals surface area (Å²) >= 11 is 0. The fourth-order valence-electron chi connectivity index (χ4n) is 2.58. The fraction of sp³-hybridized carbons (Fsp3) is 0.188. The second-order valence-corrected chi connectivity index (χ2v) is 5.14. The standard InChI is InChI=1S/C16H14N4O/c1-10-3-2-7-18-14(10)15-19-16(21-20-15)12-5-4-11-6-8-17-13(11)9-12/h2-5,7,9,17H,6,8H2,1H3. The van der Waals surface area contributed by atoms with E-state index in [0.29, 0.717) is 11.7 Å². The van der Waals surface area contributed by atoms with Crippen LogP contribution in [0.3, 0.4) is 0 Å². The van der Waals surface area contributed by atoms with Gasteiger partial charge < -0.3 is 9.84 Å². The van der Waals surface area contributed by atoms with Crippen molar-refractivity contribution in [1.82, 2.24) is 15.1 Å². The first-order valence-electron chi connectivity index (χ1n) is 6.94. The van der Waals surface area contributed by atoms with Crippen molar-refractivity contribution in [3.05, 3.63) is 47.7 Å². The zero-order valence-corrected chi connectivity index (χ0v) is 11.6. The Morgan fingerprint density at radius 3 is 3.10 bits per heavy atom. The molecule has 0 amide bonds. The van der Waals surface area contributed by atoms with E-state index >= 15 is 0 Å². The van der Waals surface area contributed by atoms with Gasteiger partial charge in [-0.3, -0.25) is 4.98 Å². The van der Waals surface area contributed by atoms with Crippen LogP contribution in [0.1, 0.15) is 11.1 Å². The van der Waals surface area contributed by atoms with Crippen molar-refractivity contribution in [1.29, 1.82) is 0 Å². The highest BCUT2D eigenvalue weighted by molar-refractivity contribution is 5.67. The number of rotatable bonds is 2. The predicted molar refractivity (Wildman–Crippen MR) is 79.9 cm³/mol. The Hall–Kier alpha value is -2.69. The minimum Gasteiger partial charge on any atom is -0.384 e. The average Bonchev–Trinajstić information content (AvgIpc) is 3.16. The van der Waals surface area contributed by atoms with E-state index in [9.17, 15) is 0 Å². The molecule has 0 unspecified atom stereocenters. The third-order valence-corrected chi connectivity index (χ3v) is 3.71. The van der Waals surface area contributed by atoms with Gasteiger partial charge in [0.15, 0.2) is 0 Å². The lowest BCUT2D eigenvalue weighted by atomic mass is 10.1. The van der Waals surface area contributed by atoms with Crippen LogP contribution in [-0.4, -0.2) is 21.7 Å². The maximum absolute atomic E-state index is 5.39. The summed E-state index contributed by atoms with van der Waals surface area (Å²) in [5.41, 5.74) is 5.20. The number of nitrogens with zero attached hydrogens (tertiary/aromatic N) is 3. The highest BCUT2D eigenvalue weighted by Gasteiger charge is 2.16. The molecule has 2 aromatic heterocycles. The number of fused-ring (bicyclic) bond motifs is 1. The van der Waals surface area contributed by atoms with Gasteiger partial charge in [-0.05, 0) is 42.7 Å². The largest absolute Gasteiger partial charge is 0.384 e. The second-order valence-electron chi connectivity index (χ2n) is 5.14. The van der Waals surface area contributed by atoms with Gasteiger partial charge >= 0.3 is 0 Å². The molecule has 0 radical (unpaired) electrons. The van der Waals surface area contributed by atoms with Crippen molar-refractivity contribution >= 4 is 5.69 Å². The molecule has 1 N–H and O–H groups in total. The van der Waals surface area contributed by atoms with Gasteiger partial charge in [-0.25, -0.2) is 0 Å². The summed E-state index contributed by atoms with van der Waals surface area (Å²) < 4.78 is 5.39. The lowest BCUT2D eigenvalue weighted by Gasteiger charge is -2.00. The van der Waals surface area contributed by atoms with Gasteiger partial charge in [0.05, 0.1) is 0 Å². The molecule has 1 aromatic carbocycles. The van der Waals surface area contributed by atoms with E-state index in [2.05, 4.69) is 32.6 Å². The summed E-state index contributed by atoms with van der Waals surface area (Å²) in [6.45, 7) is 2.97. The number of pyridine rings is 1. The minimum absolute atomic E-state index is 0.520. The van der Waals surface area contributed by atoms with Crippen LogP contribution in [-0.2, 0) is 6.42 Å². The molecule has 0 saturated heterocycles. The maximum Gasteiger partial charge on any atom is 0.258 e. The molecule has 0 saturated carbocycles. The van der Waals surface area contributed by atoms with Gasteiger partial charge in [0.1, 0.15) is 5.69 Å². The summed E-state index contributed by atoms with van der Waals surface area (Å²) in [6.07, 6.45) is 2.80. The SMILES string of the molecule is Cc1cccnc1-c1noc(-c2ccc3c(c2)NCC3)n1. The van der Waals surface area contributed by atoms with Gasteiger partial charge in [0.25, 0.3) is 5.89 Å². The summed E-state index contributed by atoms with van der Waals surface area (Å²) in [6, 6.07) is 10.1. The molecule has 0 spiro atoms. The van der Waals surface area contributed by atoms with Gasteiger partial charge in [0, 0.05) is 24.0 Å². The Kier molecular flexibility index (Phi) is 2.70. The molecule has 1 aliphatic heterocycles. The molecule has 0 atom stereocenters. The number of aryl methyl sites for hydroxylation is 1. The Labute approximate surface area is 122 Å². The van der Waals surface area contributed by atoms with Crippen LogP contribution in [0.25, 0.3) is 23.0 Å². The maximum atomic E-state index is 5.39. The topological polar surface area (TPSA) is 63.8 Å². The molecule has 5 heteroatoms. The van der Waals surface area contributed by atoms with Crippen LogP contribution in [0, 0.1) is 6.92 Å². The smallest absolute Gasteiger partial charge is 0.258 e. The molecule has 1 aliphatic rings. The summed E-state index contributed by atoms with van der Waals surface area (Å²) in [4.78, 5) is 8.79. The van der Waals surface area contributed by atoms with Gasteiger partial charge in [0.2, 0.25) is 5.82 Å². The van der Waals surface area contributed by atoms with Gasteiger partial charge in [-0.1, -0.05) is 17.3 Å². The van der Waals surface area contributed by atoms with Crippen molar-refractivity contribution in [3.8, 4) is 23.0 Å². The summed E-state index contributed by atoms with van der Waals surface area (Å²) in [5, 5.41) is 7.40. The monoisotopic (exact) mass is 278 g/mol. The molecule has 5 nitrogen and oxygen atoms in total. The molecule has 0 aliphatic carbocycles. The van der Waals surface area contributed by atoms with Crippen LogP contribution in [0.4, 0.5) is 5.69 Å². The first-order valence-corrected chi connectivity index (χ1v) is 6.94. The lowest BCUT2D eigenvalue weighted by molar-refractivity contribution is 0.432. The number of aromatic nitrogens is 3. The van der Waals surface area contributed by atoms with Crippen molar-refractivity contribution in [2.75, 3.05) is 11.9 Å². The Bertz CT molecular complexity index is 810. The van der Waals surface area contributed by atoms with E-state index < -0.39 is 0 Å². The van der Waals surface area contributed by atoms with Crippen molar-refractivity contribution < 1.29 is 4.52 Å². The van der Waals surface area contributed by atoms with Crippen molar-refractivity contribution in [3.63, 3.8) is 0 Å². The van der Waals surface area contributed by atoms with Crippen LogP contribution >= 0.6 is 0 Å². The summed E-state index contributed by atoms with van der Waals surface area (Å²) in [5.74, 6) is 1.04. The Balaban J connectivity index is 1.73. The lowest BCUT2D eigenvalue weighted by Crippen LogP contribution is -1.91. The predicted octanol–water partition coefficient (Wildman–Crippen LogP) is 3.08. The Morgan fingerprint density at radius 1 is 1.24 bits per heavy atom. The van der Waals surface area contributed by atoms with Gasteiger partial charge in [-0.15, -0.1) is 0 Å². The zero-order valence-electron chi connectivity index (χ0n) is 11.6. The molecule has 4 rings (SSSR count). The van der Waals surface area contributed by atoms with Gasteiger partial charge in [-0.2, -0.15) is 4.98 Å². The molecule has 104 valence electrons. The second kappa shape index (κ2) is 4.70. The first kappa shape index (κ1) is 12.1.